The summed E-state index contributed by atoms with van der Waals surface area (Å²) in [5.41, 5.74) is 3.12. The van der Waals surface area contributed by atoms with Crippen molar-refractivity contribution >= 4 is 11.7 Å². The predicted molar refractivity (Wildman–Crippen MR) is 101 cm³/mol. The SMILES string of the molecule is CCOc1ccc(-c2noc(CNc3cc(C(=O)OC)ccc3C)n2)cc1. The van der Waals surface area contributed by atoms with E-state index >= 15 is 0 Å². The molecule has 1 N–H and O–H groups in total. The molecule has 0 saturated heterocycles. The van der Waals surface area contributed by atoms with E-state index in [9.17, 15) is 4.79 Å². The second-order valence-corrected chi connectivity index (χ2v) is 5.84. The van der Waals surface area contributed by atoms with E-state index in [-0.39, 0.29) is 5.97 Å². The Morgan fingerprint density at radius 3 is 2.67 bits per heavy atom. The highest BCUT2D eigenvalue weighted by atomic mass is 16.5. The molecule has 2 aromatic carbocycles. The molecular formula is C20H21N3O4. The van der Waals surface area contributed by atoms with Crippen LogP contribution in [0.25, 0.3) is 11.4 Å². The molecule has 0 fully saturated rings. The van der Waals surface area contributed by atoms with Crippen molar-refractivity contribution in [2.45, 2.75) is 20.4 Å². The quantitative estimate of drug-likeness (QED) is 0.635. The third-order valence-corrected chi connectivity index (χ3v) is 3.98. The second kappa shape index (κ2) is 8.35. The van der Waals surface area contributed by atoms with Crippen LogP contribution in [0.4, 0.5) is 5.69 Å². The Labute approximate surface area is 157 Å². The fraction of sp³-hybridized carbons (Fsp3) is 0.250. The Hall–Kier alpha value is -3.35. The zero-order valence-corrected chi connectivity index (χ0v) is 15.5. The Kier molecular flexibility index (Phi) is 5.71. The van der Waals surface area contributed by atoms with Gasteiger partial charge in [-0.15, -0.1) is 0 Å². The Balaban J connectivity index is 1.68. The lowest BCUT2D eigenvalue weighted by molar-refractivity contribution is 0.0601. The first-order chi connectivity index (χ1) is 13.1. The molecule has 1 heterocycles. The van der Waals surface area contributed by atoms with Crippen LogP contribution >= 0.6 is 0 Å². The number of carbonyl (C=O) groups excluding carboxylic acids is 1. The van der Waals surface area contributed by atoms with E-state index in [1.807, 2.05) is 44.2 Å². The predicted octanol–water partition coefficient (Wildman–Crippen LogP) is 3.84. The average molecular weight is 367 g/mol. The summed E-state index contributed by atoms with van der Waals surface area (Å²) >= 11 is 0. The molecule has 0 bridgehead atoms. The number of nitrogens with one attached hydrogen (secondary N) is 1. The van der Waals surface area contributed by atoms with E-state index in [0.717, 1.165) is 22.6 Å². The molecule has 0 radical (unpaired) electrons. The molecular weight excluding hydrogens is 346 g/mol. The molecule has 0 saturated carbocycles. The number of aromatic nitrogens is 2. The summed E-state index contributed by atoms with van der Waals surface area (Å²) in [5, 5.41) is 7.23. The first-order valence-corrected chi connectivity index (χ1v) is 8.59. The van der Waals surface area contributed by atoms with Crippen molar-refractivity contribution in [2.75, 3.05) is 19.0 Å². The van der Waals surface area contributed by atoms with Crippen molar-refractivity contribution < 1.29 is 18.8 Å². The Morgan fingerprint density at radius 2 is 1.96 bits per heavy atom. The molecule has 0 aliphatic heterocycles. The maximum atomic E-state index is 11.7. The van der Waals surface area contributed by atoms with E-state index in [1.54, 1.807) is 12.1 Å². The number of ether oxygens (including phenoxy) is 2. The molecule has 0 amide bonds. The van der Waals surface area contributed by atoms with Crippen molar-refractivity contribution in [3.63, 3.8) is 0 Å². The average Bonchev–Trinajstić information content (AvgIpc) is 3.16. The van der Waals surface area contributed by atoms with Crippen LogP contribution in [0.3, 0.4) is 0 Å². The Bertz CT molecular complexity index is 919. The fourth-order valence-corrected chi connectivity index (χ4v) is 2.54. The van der Waals surface area contributed by atoms with Crippen molar-refractivity contribution in [2.24, 2.45) is 0 Å². The molecule has 1 aromatic heterocycles. The minimum atomic E-state index is -0.381. The van der Waals surface area contributed by atoms with Crippen LogP contribution in [-0.2, 0) is 11.3 Å². The topological polar surface area (TPSA) is 86.5 Å². The maximum Gasteiger partial charge on any atom is 0.337 e. The summed E-state index contributed by atoms with van der Waals surface area (Å²) in [6.45, 7) is 4.85. The van der Waals surface area contributed by atoms with Crippen molar-refractivity contribution in [1.29, 1.82) is 0 Å². The van der Waals surface area contributed by atoms with Crippen LogP contribution in [0, 0.1) is 6.92 Å². The van der Waals surface area contributed by atoms with Gasteiger partial charge in [-0.2, -0.15) is 4.98 Å². The van der Waals surface area contributed by atoms with Gasteiger partial charge in [-0.1, -0.05) is 11.2 Å². The number of benzene rings is 2. The number of methoxy groups -OCH3 is 1. The third kappa shape index (κ3) is 4.44. The van der Waals surface area contributed by atoms with Gasteiger partial charge in [-0.3, -0.25) is 0 Å². The summed E-state index contributed by atoms with van der Waals surface area (Å²) < 4.78 is 15.5. The first-order valence-electron chi connectivity index (χ1n) is 8.59. The summed E-state index contributed by atoms with van der Waals surface area (Å²) in [6.07, 6.45) is 0. The minimum Gasteiger partial charge on any atom is -0.494 e. The lowest BCUT2D eigenvalue weighted by Gasteiger charge is -2.09. The van der Waals surface area contributed by atoms with Crippen molar-refractivity contribution in [3.8, 4) is 17.1 Å². The number of carbonyl (C=O) groups is 1. The summed E-state index contributed by atoms with van der Waals surface area (Å²) in [7, 11) is 1.36. The zero-order valence-electron chi connectivity index (χ0n) is 15.5. The smallest absolute Gasteiger partial charge is 0.337 e. The van der Waals surface area contributed by atoms with Gasteiger partial charge in [0.25, 0.3) is 0 Å². The molecule has 7 heteroatoms. The molecule has 27 heavy (non-hydrogen) atoms. The van der Waals surface area contributed by atoms with Crippen molar-refractivity contribution in [3.05, 3.63) is 59.5 Å². The van der Waals surface area contributed by atoms with Gasteiger partial charge in [0.05, 0.1) is 25.8 Å². The van der Waals surface area contributed by atoms with E-state index in [2.05, 4.69) is 15.5 Å². The lowest BCUT2D eigenvalue weighted by Crippen LogP contribution is -2.05. The lowest BCUT2D eigenvalue weighted by atomic mass is 10.1. The van der Waals surface area contributed by atoms with E-state index in [0.29, 0.717) is 30.4 Å². The van der Waals surface area contributed by atoms with Crippen LogP contribution in [0.15, 0.2) is 47.0 Å². The van der Waals surface area contributed by atoms with Crippen LogP contribution in [0.5, 0.6) is 5.75 Å². The monoisotopic (exact) mass is 367 g/mol. The number of nitrogens with zero attached hydrogens (tertiary/aromatic N) is 2. The minimum absolute atomic E-state index is 0.343. The van der Waals surface area contributed by atoms with Gasteiger partial charge in [-0.25, -0.2) is 4.79 Å². The highest BCUT2D eigenvalue weighted by Gasteiger charge is 2.11. The van der Waals surface area contributed by atoms with Gasteiger partial charge in [0, 0.05) is 11.3 Å². The molecule has 140 valence electrons. The number of aryl methyl sites for hydroxylation is 1. The summed E-state index contributed by atoms with van der Waals surface area (Å²) in [6, 6.07) is 12.8. The molecule has 0 aliphatic rings. The molecule has 3 aromatic rings. The zero-order chi connectivity index (χ0) is 19.2. The molecule has 0 atom stereocenters. The largest absolute Gasteiger partial charge is 0.494 e. The number of hydrogen-bond acceptors (Lipinski definition) is 7. The summed E-state index contributed by atoms with van der Waals surface area (Å²) in [4.78, 5) is 16.1. The van der Waals surface area contributed by atoms with E-state index in [4.69, 9.17) is 14.0 Å². The van der Waals surface area contributed by atoms with Crippen LogP contribution < -0.4 is 10.1 Å². The molecule has 7 nitrogen and oxygen atoms in total. The van der Waals surface area contributed by atoms with Gasteiger partial charge in [0.15, 0.2) is 0 Å². The highest BCUT2D eigenvalue weighted by Crippen LogP contribution is 2.21. The molecule has 0 spiro atoms. The van der Waals surface area contributed by atoms with Crippen molar-refractivity contribution in [1.82, 2.24) is 10.1 Å². The van der Waals surface area contributed by atoms with E-state index < -0.39 is 0 Å². The highest BCUT2D eigenvalue weighted by molar-refractivity contribution is 5.90. The summed E-state index contributed by atoms with van der Waals surface area (Å²) in [5.74, 6) is 1.37. The van der Waals surface area contributed by atoms with Gasteiger partial charge in [-0.05, 0) is 55.8 Å². The first kappa shape index (κ1) is 18.4. The maximum absolute atomic E-state index is 11.7. The van der Waals surface area contributed by atoms with Gasteiger partial charge < -0.3 is 19.3 Å². The number of rotatable bonds is 7. The second-order valence-electron chi connectivity index (χ2n) is 5.84. The molecule has 0 aliphatic carbocycles. The van der Waals surface area contributed by atoms with Crippen LogP contribution in [-0.4, -0.2) is 29.8 Å². The fourth-order valence-electron chi connectivity index (χ4n) is 2.54. The molecule has 3 rings (SSSR count). The van der Waals surface area contributed by atoms with E-state index in [1.165, 1.54) is 7.11 Å². The Morgan fingerprint density at radius 1 is 1.19 bits per heavy atom. The van der Waals surface area contributed by atoms with Gasteiger partial charge in [0.2, 0.25) is 11.7 Å². The van der Waals surface area contributed by atoms with Crippen LogP contribution in [0.2, 0.25) is 0 Å². The molecule has 0 unspecified atom stereocenters. The number of esters is 1. The standard InChI is InChI=1S/C20H21N3O4/c1-4-26-16-9-7-14(8-10-16)19-22-18(27-23-19)12-21-17-11-15(20(24)25-3)6-5-13(17)2/h5-11,21H,4,12H2,1-3H3. The van der Waals surface area contributed by atoms with Gasteiger partial charge in [0.1, 0.15) is 5.75 Å². The third-order valence-electron chi connectivity index (χ3n) is 3.98. The normalized spacial score (nSPS) is 10.5. The van der Waals surface area contributed by atoms with Gasteiger partial charge >= 0.3 is 5.97 Å². The number of hydrogen-bond donors (Lipinski definition) is 1. The van der Waals surface area contributed by atoms with Crippen LogP contribution in [0.1, 0.15) is 28.7 Å². The number of anilines is 1.